The van der Waals surface area contributed by atoms with Gasteiger partial charge in [-0.2, -0.15) is 0 Å². The fraction of sp³-hybridized carbons (Fsp3) is 0.771. The number of hydrogen-bond donors (Lipinski definition) is 4. The van der Waals surface area contributed by atoms with E-state index in [0.717, 1.165) is 43.8 Å². The van der Waals surface area contributed by atoms with Gasteiger partial charge in [0.2, 0.25) is 11.8 Å². The zero-order chi connectivity index (χ0) is 30.9. The Hall–Kier alpha value is -1.92. The standard InChI is InChI=1S/C35H62N4O2/c1-32(2,3)25-26-11-13-27(14-12-26)31(41)36-23-24-38-35(9,10)21-20-34(7,8)28-15-17-29(18-16-28)39-30(40)19-22-37-33(4,5)6/h15-18,26-27,37-38H,11-14,19-25H2,1-10H3,(H,36,41)(H,39,40). The van der Waals surface area contributed by atoms with Crippen molar-refractivity contribution in [1.29, 1.82) is 0 Å². The molecule has 234 valence electrons. The molecule has 1 aromatic carbocycles. The van der Waals surface area contributed by atoms with E-state index in [9.17, 15) is 9.59 Å². The Morgan fingerprint density at radius 1 is 0.756 bits per heavy atom. The molecule has 41 heavy (non-hydrogen) atoms. The Kier molecular flexibility index (Phi) is 12.9. The number of hydrogen-bond acceptors (Lipinski definition) is 4. The number of carbonyl (C=O) groups is 2. The first kappa shape index (κ1) is 35.3. The highest BCUT2D eigenvalue weighted by atomic mass is 16.2. The Bertz CT molecular complexity index is 946. The average Bonchev–Trinajstić information content (AvgIpc) is 2.84. The van der Waals surface area contributed by atoms with Crippen molar-refractivity contribution in [3.8, 4) is 0 Å². The summed E-state index contributed by atoms with van der Waals surface area (Å²) < 4.78 is 0. The minimum absolute atomic E-state index is 0.0121. The minimum atomic E-state index is -0.0258. The van der Waals surface area contributed by atoms with Crippen LogP contribution in [0.15, 0.2) is 24.3 Å². The van der Waals surface area contributed by atoms with E-state index < -0.39 is 0 Å². The number of amides is 2. The first-order chi connectivity index (χ1) is 18.9. The number of carbonyl (C=O) groups excluding carboxylic acids is 2. The summed E-state index contributed by atoms with van der Waals surface area (Å²) in [5.41, 5.74) is 2.48. The maximum atomic E-state index is 12.7. The molecule has 0 saturated heterocycles. The summed E-state index contributed by atoms with van der Waals surface area (Å²) in [6, 6.07) is 8.29. The Morgan fingerprint density at radius 3 is 1.93 bits per heavy atom. The second kappa shape index (κ2) is 15.0. The molecule has 0 radical (unpaired) electrons. The van der Waals surface area contributed by atoms with Gasteiger partial charge < -0.3 is 21.3 Å². The molecular formula is C35H62N4O2. The summed E-state index contributed by atoms with van der Waals surface area (Å²) in [5, 5.41) is 13.2. The molecular weight excluding hydrogens is 508 g/mol. The van der Waals surface area contributed by atoms with E-state index in [0.29, 0.717) is 24.9 Å². The van der Waals surface area contributed by atoms with E-state index in [4.69, 9.17) is 0 Å². The summed E-state index contributed by atoms with van der Waals surface area (Å²) in [5.74, 6) is 1.23. The van der Waals surface area contributed by atoms with E-state index in [1.54, 1.807) is 0 Å². The van der Waals surface area contributed by atoms with Gasteiger partial charge in [0.1, 0.15) is 0 Å². The Balaban J connectivity index is 1.70. The quantitative estimate of drug-likeness (QED) is 0.179. The molecule has 0 bridgehead atoms. The van der Waals surface area contributed by atoms with Gasteiger partial charge in [-0.3, -0.25) is 9.59 Å². The minimum Gasteiger partial charge on any atom is -0.355 e. The van der Waals surface area contributed by atoms with Crippen LogP contribution < -0.4 is 21.3 Å². The molecule has 0 aliphatic heterocycles. The largest absolute Gasteiger partial charge is 0.355 e. The molecule has 0 heterocycles. The first-order valence-electron chi connectivity index (χ1n) is 16.0. The zero-order valence-corrected chi connectivity index (χ0v) is 28.1. The van der Waals surface area contributed by atoms with Gasteiger partial charge in [-0.15, -0.1) is 0 Å². The van der Waals surface area contributed by atoms with Crippen molar-refractivity contribution in [2.24, 2.45) is 17.3 Å². The molecule has 4 N–H and O–H groups in total. The van der Waals surface area contributed by atoms with Crippen LogP contribution in [-0.2, 0) is 15.0 Å². The van der Waals surface area contributed by atoms with Gasteiger partial charge >= 0.3 is 0 Å². The summed E-state index contributed by atoms with van der Waals surface area (Å²) in [6.07, 6.45) is 8.19. The molecule has 6 nitrogen and oxygen atoms in total. The van der Waals surface area contributed by atoms with Gasteiger partial charge in [-0.05, 0) is 114 Å². The lowest BCUT2D eigenvalue weighted by Gasteiger charge is -2.33. The van der Waals surface area contributed by atoms with Crippen LogP contribution in [0.25, 0.3) is 0 Å². The summed E-state index contributed by atoms with van der Waals surface area (Å²) in [4.78, 5) is 25.0. The SMILES string of the molecule is CC(C)(C)CC1CCC(C(=O)NCCNC(C)(C)CCC(C)(C)c2ccc(NC(=O)CCNC(C)(C)C)cc2)CC1. The maximum Gasteiger partial charge on any atom is 0.225 e. The van der Waals surface area contributed by atoms with E-state index in [1.165, 1.54) is 24.8 Å². The lowest BCUT2D eigenvalue weighted by Crippen LogP contribution is -2.45. The molecule has 1 aromatic rings. The van der Waals surface area contributed by atoms with Crippen LogP contribution in [0.4, 0.5) is 5.69 Å². The zero-order valence-electron chi connectivity index (χ0n) is 28.1. The second-order valence-electron chi connectivity index (χ2n) is 16.0. The molecule has 1 saturated carbocycles. The van der Waals surface area contributed by atoms with Gasteiger partial charge in [0.25, 0.3) is 0 Å². The predicted molar refractivity (Wildman–Crippen MR) is 174 cm³/mol. The molecule has 2 rings (SSSR count). The van der Waals surface area contributed by atoms with Gasteiger partial charge in [-0.25, -0.2) is 0 Å². The van der Waals surface area contributed by atoms with Crippen LogP contribution in [0.2, 0.25) is 0 Å². The van der Waals surface area contributed by atoms with E-state index in [-0.39, 0.29) is 34.2 Å². The molecule has 0 unspecified atom stereocenters. The van der Waals surface area contributed by atoms with Crippen molar-refractivity contribution in [2.45, 2.75) is 137 Å². The number of benzene rings is 1. The fourth-order valence-electron chi connectivity index (χ4n) is 5.86. The second-order valence-corrected chi connectivity index (χ2v) is 16.0. The van der Waals surface area contributed by atoms with Crippen LogP contribution in [0.1, 0.15) is 126 Å². The van der Waals surface area contributed by atoms with Gasteiger partial charge in [0.15, 0.2) is 0 Å². The van der Waals surface area contributed by atoms with Crippen LogP contribution >= 0.6 is 0 Å². The lowest BCUT2D eigenvalue weighted by molar-refractivity contribution is -0.126. The Labute approximate surface area is 252 Å². The monoisotopic (exact) mass is 570 g/mol. The highest BCUT2D eigenvalue weighted by Crippen LogP contribution is 2.36. The van der Waals surface area contributed by atoms with Crippen molar-refractivity contribution in [3.05, 3.63) is 29.8 Å². The summed E-state index contributed by atoms with van der Waals surface area (Å²) >= 11 is 0. The normalized spacial score (nSPS) is 18.7. The maximum absolute atomic E-state index is 12.7. The number of rotatable bonds is 14. The third kappa shape index (κ3) is 14.2. The van der Waals surface area contributed by atoms with Gasteiger partial charge in [0.05, 0.1) is 0 Å². The average molecular weight is 571 g/mol. The molecule has 1 aliphatic carbocycles. The van der Waals surface area contributed by atoms with Crippen molar-refractivity contribution >= 4 is 17.5 Å². The molecule has 1 fully saturated rings. The molecule has 0 atom stereocenters. The van der Waals surface area contributed by atoms with E-state index in [2.05, 4.69) is 103 Å². The number of anilines is 1. The number of nitrogens with one attached hydrogen (secondary N) is 4. The smallest absolute Gasteiger partial charge is 0.225 e. The van der Waals surface area contributed by atoms with Crippen molar-refractivity contribution in [3.63, 3.8) is 0 Å². The molecule has 1 aliphatic rings. The third-order valence-electron chi connectivity index (χ3n) is 8.48. The van der Waals surface area contributed by atoms with Crippen LogP contribution in [-0.4, -0.2) is 42.5 Å². The van der Waals surface area contributed by atoms with Gasteiger partial charge in [-0.1, -0.05) is 46.8 Å². The molecule has 2 amide bonds. The molecule has 0 spiro atoms. The third-order valence-corrected chi connectivity index (χ3v) is 8.48. The molecule has 0 aromatic heterocycles. The van der Waals surface area contributed by atoms with Crippen molar-refractivity contribution in [1.82, 2.24) is 16.0 Å². The topological polar surface area (TPSA) is 82.3 Å². The van der Waals surface area contributed by atoms with E-state index in [1.807, 2.05) is 12.1 Å². The molecule has 6 heteroatoms. The van der Waals surface area contributed by atoms with Crippen LogP contribution in [0, 0.1) is 17.3 Å². The Morgan fingerprint density at radius 2 is 1.37 bits per heavy atom. The van der Waals surface area contributed by atoms with Crippen LogP contribution in [0.3, 0.4) is 0 Å². The predicted octanol–water partition coefficient (Wildman–Crippen LogP) is 7.19. The fourth-order valence-corrected chi connectivity index (χ4v) is 5.86. The van der Waals surface area contributed by atoms with Crippen molar-refractivity contribution in [2.75, 3.05) is 25.0 Å². The van der Waals surface area contributed by atoms with Crippen molar-refractivity contribution < 1.29 is 9.59 Å². The van der Waals surface area contributed by atoms with Crippen LogP contribution in [0.5, 0.6) is 0 Å². The summed E-state index contributed by atoms with van der Waals surface area (Å²) in [6.45, 7) is 24.4. The van der Waals surface area contributed by atoms with E-state index >= 15 is 0 Å². The summed E-state index contributed by atoms with van der Waals surface area (Å²) in [7, 11) is 0. The lowest BCUT2D eigenvalue weighted by atomic mass is 9.74. The first-order valence-corrected chi connectivity index (χ1v) is 16.0. The van der Waals surface area contributed by atoms with Gasteiger partial charge in [0, 0.05) is 48.7 Å². The highest BCUT2D eigenvalue weighted by molar-refractivity contribution is 5.90. The highest BCUT2D eigenvalue weighted by Gasteiger charge is 2.29.